The van der Waals surface area contributed by atoms with Crippen LogP contribution in [0.3, 0.4) is 0 Å². The van der Waals surface area contributed by atoms with Gasteiger partial charge in [0.2, 0.25) is 11.8 Å². The van der Waals surface area contributed by atoms with Crippen LogP contribution in [0.2, 0.25) is 0 Å². The van der Waals surface area contributed by atoms with Crippen LogP contribution in [0, 0.1) is 0 Å². The lowest BCUT2D eigenvalue weighted by Gasteiger charge is -2.22. The van der Waals surface area contributed by atoms with Crippen molar-refractivity contribution in [3.8, 4) is 11.5 Å². The molecule has 1 heterocycles. The van der Waals surface area contributed by atoms with Gasteiger partial charge in [-0.2, -0.15) is 0 Å². The molecule has 3 aromatic carbocycles. The van der Waals surface area contributed by atoms with E-state index < -0.39 is 0 Å². The topological polar surface area (TPSA) is 59.2 Å². The normalized spacial score (nSPS) is 10.7. The van der Waals surface area contributed by atoms with Gasteiger partial charge in [0.25, 0.3) is 5.22 Å². The zero-order chi connectivity index (χ0) is 20.1. The van der Waals surface area contributed by atoms with Gasteiger partial charge in [-0.1, -0.05) is 70.2 Å². The minimum Gasteiger partial charge on any atom is -0.411 e. The van der Waals surface area contributed by atoms with Crippen molar-refractivity contribution in [3.05, 3.63) is 89.4 Å². The Balaban J connectivity index is 1.50. The number of rotatable bonds is 6. The Morgan fingerprint density at radius 1 is 0.897 bits per heavy atom. The molecule has 7 heteroatoms. The Bertz CT molecular complexity index is 1060. The van der Waals surface area contributed by atoms with Crippen molar-refractivity contribution in [1.82, 2.24) is 10.2 Å². The number of halogens is 1. The maximum atomic E-state index is 13.0. The first-order valence-electron chi connectivity index (χ1n) is 8.86. The molecule has 0 bridgehead atoms. The molecular weight excluding hydrogens is 450 g/mol. The Morgan fingerprint density at radius 2 is 1.55 bits per heavy atom. The van der Waals surface area contributed by atoms with Gasteiger partial charge in [0.1, 0.15) is 0 Å². The van der Waals surface area contributed by atoms with Gasteiger partial charge in [0.15, 0.2) is 0 Å². The van der Waals surface area contributed by atoms with E-state index >= 15 is 0 Å². The van der Waals surface area contributed by atoms with Crippen molar-refractivity contribution >= 4 is 45.0 Å². The first kappa shape index (κ1) is 19.4. The van der Waals surface area contributed by atoms with Crippen molar-refractivity contribution in [2.24, 2.45) is 0 Å². The highest BCUT2D eigenvalue weighted by atomic mass is 79.9. The summed E-state index contributed by atoms with van der Waals surface area (Å²) < 4.78 is 6.65. The van der Waals surface area contributed by atoms with Crippen LogP contribution in [-0.4, -0.2) is 21.9 Å². The van der Waals surface area contributed by atoms with Crippen LogP contribution in [-0.2, 0) is 4.79 Å². The number of carbonyl (C=O) groups is 1. The fourth-order valence-corrected chi connectivity index (χ4v) is 3.80. The smallest absolute Gasteiger partial charge is 0.277 e. The molecule has 0 spiro atoms. The molecule has 0 aliphatic heterocycles. The van der Waals surface area contributed by atoms with Crippen LogP contribution in [0.4, 0.5) is 11.4 Å². The average Bonchev–Trinajstić information content (AvgIpc) is 3.23. The molecule has 1 aromatic heterocycles. The van der Waals surface area contributed by atoms with Crippen molar-refractivity contribution in [2.45, 2.75) is 5.22 Å². The molecule has 0 saturated heterocycles. The quantitative estimate of drug-likeness (QED) is 0.329. The summed E-state index contributed by atoms with van der Waals surface area (Å²) in [6.07, 6.45) is 0. The van der Waals surface area contributed by atoms with E-state index in [0.717, 1.165) is 21.4 Å². The van der Waals surface area contributed by atoms with E-state index in [9.17, 15) is 4.79 Å². The Kier molecular flexibility index (Phi) is 6.07. The number of nitrogens with zero attached hydrogens (tertiary/aromatic N) is 3. The molecule has 0 aliphatic carbocycles. The highest BCUT2D eigenvalue weighted by Gasteiger charge is 2.19. The fraction of sp³-hybridized carbons (Fsp3) is 0.0455. The van der Waals surface area contributed by atoms with Gasteiger partial charge < -0.3 is 4.42 Å². The number of anilines is 2. The first-order chi connectivity index (χ1) is 14.2. The zero-order valence-electron chi connectivity index (χ0n) is 15.2. The van der Waals surface area contributed by atoms with Gasteiger partial charge >= 0.3 is 0 Å². The van der Waals surface area contributed by atoms with Crippen molar-refractivity contribution in [3.63, 3.8) is 0 Å². The lowest BCUT2D eigenvalue weighted by atomic mass is 10.2. The maximum absolute atomic E-state index is 13.0. The zero-order valence-corrected chi connectivity index (χ0v) is 17.6. The first-order valence-corrected chi connectivity index (χ1v) is 10.6. The molecule has 0 aliphatic rings. The van der Waals surface area contributed by atoms with Crippen molar-refractivity contribution < 1.29 is 9.21 Å². The van der Waals surface area contributed by atoms with E-state index in [2.05, 4.69) is 26.1 Å². The third kappa shape index (κ3) is 4.75. The average molecular weight is 466 g/mol. The van der Waals surface area contributed by atoms with Crippen LogP contribution >= 0.6 is 27.7 Å². The molecule has 4 aromatic rings. The Morgan fingerprint density at radius 3 is 2.17 bits per heavy atom. The summed E-state index contributed by atoms with van der Waals surface area (Å²) >= 11 is 4.65. The summed E-state index contributed by atoms with van der Waals surface area (Å²) in [5.74, 6) is 0.517. The van der Waals surface area contributed by atoms with Gasteiger partial charge in [-0.05, 0) is 42.5 Å². The number of benzene rings is 3. The predicted molar refractivity (Wildman–Crippen MR) is 118 cm³/mol. The van der Waals surface area contributed by atoms with Crippen LogP contribution < -0.4 is 4.90 Å². The number of hydrogen-bond donors (Lipinski definition) is 0. The third-order valence-corrected chi connectivity index (χ3v) is 5.37. The third-order valence-electron chi connectivity index (χ3n) is 4.08. The summed E-state index contributed by atoms with van der Waals surface area (Å²) in [6, 6.07) is 26.8. The lowest BCUT2D eigenvalue weighted by Crippen LogP contribution is -2.27. The SMILES string of the molecule is O=C(CSc1nnc(-c2cccc(Br)c2)o1)N(c1ccccc1)c1ccccc1. The molecule has 0 N–H and O–H groups in total. The standard InChI is InChI=1S/C22H16BrN3O2S/c23-17-9-7-8-16(14-17)21-24-25-22(28-21)29-15-20(27)26(18-10-3-1-4-11-18)19-12-5-2-6-13-19/h1-14H,15H2. The van der Waals surface area contributed by atoms with E-state index in [4.69, 9.17) is 4.42 Å². The number of thioether (sulfide) groups is 1. The van der Waals surface area contributed by atoms with Gasteiger partial charge in [-0.3, -0.25) is 9.69 Å². The largest absolute Gasteiger partial charge is 0.411 e. The minimum atomic E-state index is -0.0744. The summed E-state index contributed by atoms with van der Waals surface area (Å²) in [7, 11) is 0. The second-order valence-electron chi connectivity index (χ2n) is 6.07. The van der Waals surface area contributed by atoms with E-state index in [1.165, 1.54) is 11.8 Å². The van der Waals surface area contributed by atoms with E-state index in [1.54, 1.807) is 4.90 Å². The molecule has 0 saturated carbocycles. The molecule has 0 fully saturated rings. The van der Waals surface area contributed by atoms with E-state index in [1.807, 2.05) is 84.9 Å². The summed E-state index contributed by atoms with van der Waals surface area (Å²) in [5.41, 5.74) is 2.44. The Hall–Kier alpha value is -2.90. The van der Waals surface area contributed by atoms with Gasteiger partial charge in [0.05, 0.1) is 5.75 Å². The second kappa shape index (κ2) is 9.07. The molecule has 0 radical (unpaired) electrons. The number of para-hydroxylation sites is 2. The van der Waals surface area contributed by atoms with Crippen LogP contribution in [0.1, 0.15) is 0 Å². The summed E-state index contributed by atoms with van der Waals surface area (Å²) in [4.78, 5) is 14.7. The number of aromatic nitrogens is 2. The number of carbonyl (C=O) groups excluding carboxylic acids is 1. The predicted octanol–water partition coefficient (Wildman–Crippen LogP) is 5.96. The van der Waals surface area contributed by atoms with Crippen LogP contribution in [0.15, 0.2) is 99.0 Å². The second-order valence-corrected chi connectivity index (χ2v) is 7.91. The fourth-order valence-electron chi connectivity index (χ4n) is 2.79. The monoisotopic (exact) mass is 465 g/mol. The van der Waals surface area contributed by atoms with Crippen LogP contribution in [0.5, 0.6) is 0 Å². The van der Waals surface area contributed by atoms with Crippen LogP contribution in [0.25, 0.3) is 11.5 Å². The van der Waals surface area contributed by atoms with Gasteiger partial charge in [0, 0.05) is 21.4 Å². The minimum absolute atomic E-state index is 0.0744. The highest BCUT2D eigenvalue weighted by molar-refractivity contribution is 9.10. The van der Waals surface area contributed by atoms with Crippen molar-refractivity contribution in [2.75, 3.05) is 10.7 Å². The summed E-state index contributed by atoms with van der Waals surface area (Å²) in [5, 5.41) is 8.50. The Labute approximate surface area is 180 Å². The van der Waals surface area contributed by atoms with Gasteiger partial charge in [-0.25, -0.2) is 0 Å². The van der Waals surface area contributed by atoms with Crippen molar-refractivity contribution in [1.29, 1.82) is 0 Å². The molecule has 0 atom stereocenters. The molecule has 5 nitrogen and oxygen atoms in total. The molecule has 0 unspecified atom stereocenters. The molecule has 4 rings (SSSR count). The van der Waals surface area contributed by atoms with E-state index in [0.29, 0.717) is 11.1 Å². The molecule has 1 amide bonds. The molecular formula is C22H16BrN3O2S. The summed E-state index contributed by atoms with van der Waals surface area (Å²) in [6.45, 7) is 0. The lowest BCUT2D eigenvalue weighted by molar-refractivity contribution is -0.115. The maximum Gasteiger partial charge on any atom is 0.277 e. The van der Waals surface area contributed by atoms with Gasteiger partial charge in [-0.15, -0.1) is 10.2 Å². The number of amides is 1. The van der Waals surface area contributed by atoms with E-state index in [-0.39, 0.29) is 11.7 Å². The number of hydrogen-bond acceptors (Lipinski definition) is 5. The molecule has 144 valence electrons. The highest BCUT2D eigenvalue weighted by Crippen LogP contribution is 2.29. The molecule has 29 heavy (non-hydrogen) atoms.